The molecule has 1 saturated heterocycles. The lowest BCUT2D eigenvalue weighted by atomic mass is 10.0. The molecule has 1 N–H and O–H groups in total. The van der Waals surface area contributed by atoms with E-state index in [1.165, 1.54) is 0 Å². The SMILES string of the molecule is CCCNC(=O)C1CCOC1C. The summed E-state index contributed by atoms with van der Waals surface area (Å²) in [5.41, 5.74) is 0. The van der Waals surface area contributed by atoms with E-state index in [4.69, 9.17) is 4.74 Å². The van der Waals surface area contributed by atoms with Crippen LogP contribution in [0.1, 0.15) is 26.7 Å². The smallest absolute Gasteiger partial charge is 0.225 e. The summed E-state index contributed by atoms with van der Waals surface area (Å²) in [6.07, 6.45) is 1.96. The molecule has 1 heterocycles. The molecule has 0 saturated carbocycles. The molecule has 2 atom stereocenters. The van der Waals surface area contributed by atoms with E-state index in [1.54, 1.807) is 0 Å². The van der Waals surface area contributed by atoms with Crippen LogP contribution in [0.15, 0.2) is 0 Å². The van der Waals surface area contributed by atoms with E-state index in [1.807, 2.05) is 6.92 Å². The van der Waals surface area contributed by atoms with Crippen LogP contribution in [0.3, 0.4) is 0 Å². The molecule has 1 fully saturated rings. The minimum Gasteiger partial charge on any atom is -0.378 e. The quantitative estimate of drug-likeness (QED) is 0.686. The maximum Gasteiger partial charge on any atom is 0.225 e. The highest BCUT2D eigenvalue weighted by Crippen LogP contribution is 2.20. The lowest BCUT2D eigenvalue weighted by Crippen LogP contribution is -2.34. The Balaban J connectivity index is 2.30. The van der Waals surface area contributed by atoms with Gasteiger partial charge in [0, 0.05) is 13.2 Å². The highest BCUT2D eigenvalue weighted by molar-refractivity contribution is 5.79. The van der Waals surface area contributed by atoms with E-state index in [0.29, 0.717) is 0 Å². The highest BCUT2D eigenvalue weighted by atomic mass is 16.5. The Hall–Kier alpha value is -0.570. The Labute approximate surface area is 73.5 Å². The van der Waals surface area contributed by atoms with Crippen molar-refractivity contribution in [3.8, 4) is 0 Å². The van der Waals surface area contributed by atoms with Crippen LogP contribution in [-0.4, -0.2) is 25.2 Å². The highest BCUT2D eigenvalue weighted by Gasteiger charge is 2.30. The van der Waals surface area contributed by atoms with E-state index in [9.17, 15) is 4.79 Å². The van der Waals surface area contributed by atoms with Crippen molar-refractivity contribution in [3.05, 3.63) is 0 Å². The van der Waals surface area contributed by atoms with E-state index in [2.05, 4.69) is 12.2 Å². The van der Waals surface area contributed by atoms with Gasteiger partial charge in [0.25, 0.3) is 0 Å². The molecule has 0 aromatic carbocycles. The predicted octanol–water partition coefficient (Wildman–Crippen LogP) is 0.938. The molecule has 3 nitrogen and oxygen atoms in total. The van der Waals surface area contributed by atoms with E-state index in [0.717, 1.165) is 26.0 Å². The molecule has 2 unspecified atom stereocenters. The van der Waals surface area contributed by atoms with Crippen molar-refractivity contribution in [2.24, 2.45) is 5.92 Å². The maximum absolute atomic E-state index is 11.4. The van der Waals surface area contributed by atoms with Crippen LogP contribution < -0.4 is 5.32 Å². The first kappa shape index (κ1) is 9.52. The van der Waals surface area contributed by atoms with Crippen molar-refractivity contribution in [1.29, 1.82) is 0 Å². The summed E-state index contributed by atoms with van der Waals surface area (Å²) >= 11 is 0. The Morgan fingerprint density at radius 1 is 1.67 bits per heavy atom. The van der Waals surface area contributed by atoms with E-state index >= 15 is 0 Å². The fraction of sp³-hybridized carbons (Fsp3) is 0.889. The summed E-state index contributed by atoms with van der Waals surface area (Å²) in [4.78, 5) is 11.4. The zero-order valence-electron chi connectivity index (χ0n) is 7.80. The van der Waals surface area contributed by atoms with Gasteiger partial charge in [-0.1, -0.05) is 6.92 Å². The summed E-state index contributed by atoms with van der Waals surface area (Å²) in [5.74, 6) is 0.235. The van der Waals surface area contributed by atoms with Crippen molar-refractivity contribution in [2.75, 3.05) is 13.2 Å². The van der Waals surface area contributed by atoms with Gasteiger partial charge in [-0.05, 0) is 19.8 Å². The molecule has 1 rings (SSSR count). The third-order valence-electron chi connectivity index (χ3n) is 2.26. The predicted molar refractivity (Wildman–Crippen MR) is 46.8 cm³/mol. The molecule has 1 amide bonds. The molecule has 3 heteroatoms. The second-order valence-corrected chi connectivity index (χ2v) is 3.26. The summed E-state index contributed by atoms with van der Waals surface area (Å²) in [7, 11) is 0. The molecule has 1 aliphatic rings. The number of hydrogen-bond acceptors (Lipinski definition) is 2. The zero-order chi connectivity index (χ0) is 8.97. The van der Waals surface area contributed by atoms with Gasteiger partial charge in [0.15, 0.2) is 0 Å². The molecule has 0 aliphatic carbocycles. The molecule has 0 bridgehead atoms. The first-order valence-corrected chi connectivity index (χ1v) is 4.65. The van der Waals surface area contributed by atoms with Gasteiger partial charge in [-0.3, -0.25) is 4.79 Å². The summed E-state index contributed by atoms with van der Waals surface area (Å²) < 4.78 is 5.31. The summed E-state index contributed by atoms with van der Waals surface area (Å²) in [5, 5.41) is 2.89. The van der Waals surface area contributed by atoms with Gasteiger partial charge in [0.1, 0.15) is 0 Å². The summed E-state index contributed by atoms with van der Waals surface area (Å²) in [6, 6.07) is 0. The molecular formula is C9H17NO2. The van der Waals surface area contributed by atoms with E-state index in [-0.39, 0.29) is 17.9 Å². The number of carbonyl (C=O) groups excluding carboxylic acids is 1. The van der Waals surface area contributed by atoms with Crippen molar-refractivity contribution >= 4 is 5.91 Å². The molecule has 1 aliphatic heterocycles. The lowest BCUT2D eigenvalue weighted by molar-refractivity contribution is -0.126. The molecular weight excluding hydrogens is 154 g/mol. The monoisotopic (exact) mass is 171 g/mol. The fourth-order valence-corrected chi connectivity index (χ4v) is 1.46. The average Bonchev–Trinajstić information content (AvgIpc) is 2.47. The number of rotatable bonds is 3. The van der Waals surface area contributed by atoms with Crippen LogP contribution in [0.4, 0.5) is 0 Å². The molecule has 12 heavy (non-hydrogen) atoms. The Morgan fingerprint density at radius 3 is 2.92 bits per heavy atom. The number of nitrogens with one attached hydrogen (secondary N) is 1. The Kier molecular flexibility index (Phi) is 3.53. The zero-order valence-corrected chi connectivity index (χ0v) is 7.80. The van der Waals surface area contributed by atoms with Crippen LogP contribution in [0.25, 0.3) is 0 Å². The molecule has 0 radical (unpaired) electrons. The number of amides is 1. The van der Waals surface area contributed by atoms with Crippen LogP contribution in [-0.2, 0) is 9.53 Å². The standard InChI is InChI=1S/C9H17NO2/c1-3-5-10-9(11)8-4-6-12-7(8)2/h7-8H,3-6H2,1-2H3,(H,10,11). The molecule has 70 valence electrons. The van der Waals surface area contributed by atoms with Crippen molar-refractivity contribution in [3.63, 3.8) is 0 Å². The Bertz CT molecular complexity index is 159. The van der Waals surface area contributed by atoms with Gasteiger partial charge in [0.2, 0.25) is 5.91 Å². The molecule has 0 spiro atoms. The maximum atomic E-state index is 11.4. The molecule has 0 aromatic rings. The van der Waals surface area contributed by atoms with Gasteiger partial charge in [-0.2, -0.15) is 0 Å². The fourth-order valence-electron chi connectivity index (χ4n) is 1.46. The van der Waals surface area contributed by atoms with E-state index < -0.39 is 0 Å². The van der Waals surface area contributed by atoms with Gasteiger partial charge >= 0.3 is 0 Å². The summed E-state index contributed by atoms with van der Waals surface area (Å²) in [6.45, 7) is 5.52. The topological polar surface area (TPSA) is 38.3 Å². The average molecular weight is 171 g/mol. The normalized spacial score (nSPS) is 28.8. The van der Waals surface area contributed by atoms with Gasteiger partial charge in [-0.25, -0.2) is 0 Å². The number of ether oxygens (including phenoxy) is 1. The number of hydrogen-bond donors (Lipinski definition) is 1. The minimum atomic E-state index is 0.0801. The van der Waals surface area contributed by atoms with Crippen molar-refractivity contribution < 1.29 is 9.53 Å². The third kappa shape index (κ3) is 2.21. The third-order valence-corrected chi connectivity index (χ3v) is 2.26. The largest absolute Gasteiger partial charge is 0.378 e. The van der Waals surface area contributed by atoms with Crippen LogP contribution >= 0.6 is 0 Å². The minimum absolute atomic E-state index is 0.0801. The second-order valence-electron chi connectivity index (χ2n) is 3.26. The van der Waals surface area contributed by atoms with Crippen LogP contribution in [0.5, 0.6) is 0 Å². The Morgan fingerprint density at radius 2 is 2.42 bits per heavy atom. The molecule has 0 aromatic heterocycles. The van der Waals surface area contributed by atoms with Crippen molar-refractivity contribution in [1.82, 2.24) is 5.32 Å². The van der Waals surface area contributed by atoms with Crippen LogP contribution in [0.2, 0.25) is 0 Å². The van der Waals surface area contributed by atoms with Gasteiger partial charge in [0.05, 0.1) is 12.0 Å². The second kappa shape index (κ2) is 4.45. The first-order chi connectivity index (χ1) is 5.75. The first-order valence-electron chi connectivity index (χ1n) is 4.65. The lowest BCUT2D eigenvalue weighted by Gasteiger charge is -2.13. The van der Waals surface area contributed by atoms with Gasteiger partial charge < -0.3 is 10.1 Å². The number of carbonyl (C=O) groups is 1. The van der Waals surface area contributed by atoms with Crippen molar-refractivity contribution in [2.45, 2.75) is 32.8 Å². The van der Waals surface area contributed by atoms with Crippen LogP contribution in [0, 0.1) is 5.92 Å². The van der Waals surface area contributed by atoms with Gasteiger partial charge in [-0.15, -0.1) is 0 Å².